The molecule has 0 saturated heterocycles. The standard InChI is InChI=1S/C20H17N3O2/c21-19(24)12-8-10-13(11-9-12)22-20(25)18-14-4-1-2-6-16(14)23-17-7-3-5-15(17)18/h1-2,4,6,8-11H,3,5,7H2,(H2,21,24)(H,22,25). The topological polar surface area (TPSA) is 85.1 Å². The van der Waals surface area contributed by atoms with E-state index in [-0.39, 0.29) is 5.91 Å². The van der Waals surface area contributed by atoms with E-state index in [2.05, 4.69) is 5.32 Å². The molecule has 1 aromatic heterocycles. The number of anilines is 1. The Morgan fingerprint density at radius 3 is 2.52 bits per heavy atom. The SMILES string of the molecule is NC(=O)c1ccc(NC(=O)c2c3c(nc4ccccc24)CCC3)cc1. The van der Waals surface area contributed by atoms with Gasteiger partial charge in [-0.3, -0.25) is 14.6 Å². The number of aromatic nitrogens is 1. The average molecular weight is 331 g/mol. The van der Waals surface area contributed by atoms with E-state index in [1.807, 2.05) is 24.3 Å². The first-order chi connectivity index (χ1) is 12.1. The highest BCUT2D eigenvalue weighted by atomic mass is 16.2. The number of nitrogens with zero attached hydrogens (tertiary/aromatic N) is 1. The van der Waals surface area contributed by atoms with Gasteiger partial charge in [0.25, 0.3) is 5.91 Å². The molecule has 3 aromatic rings. The zero-order chi connectivity index (χ0) is 17.4. The lowest BCUT2D eigenvalue weighted by Crippen LogP contribution is -2.16. The Morgan fingerprint density at radius 2 is 1.76 bits per heavy atom. The number of rotatable bonds is 3. The second-order valence-electron chi connectivity index (χ2n) is 6.18. The fourth-order valence-electron chi connectivity index (χ4n) is 3.38. The Morgan fingerprint density at radius 1 is 1.00 bits per heavy atom. The van der Waals surface area contributed by atoms with Crippen LogP contribution in [0.4, 0.5) is 5.69 Å². The molecule has 2 amide bonds. The fraction of sp³-hybridized carbons (Fsp3) is 0.150. The van der Waals surface area contributed by atoms with Crippen molar-refractivity contribution in [2.24, 2.45) is 5.73 Å². The van der Waals surface area contributed by atoms with Crippen molar-refractivity contribution in [3.63, 3.8) is 0 Å². The number of fused-ring (bicyclic) bond motifs is 2. The van der Waals surface area contributed by atoms with Crippen LogP contribution in [0.25, 0.3) is 10.9 Å². The highest BCUT2D eigenvalue weighted by Crippen LogP contribution is 2.30. The third kappa shape index (κ3) is 2.74. The van der Waals surface area contributed by atoms with Gasteiger partial charge in [0.2, 0.25) is 5.91 Å². The summed E-state index contributed by atoms with van der Waals surface area (Å²) in [6.07, 6.45) is 2.80. The molecule has 124 valence electrons. The highest BCUT2D eigenvalue weighted by molar-refractivity contribution is 6.13. The fourth-order valence-corrected chi connectivity index (χ4v) is 3.38. The van der Waals surface area contributed by atoms with Gasteiger partial charge in [0.1, 0.15) is 0 Å². The van der Waals surface area contributed by atoms with Crippen LogP contribution in [0.2, 0.25) is 0 Å². The van der Waals surface area contributed by atoms with Crippen LogP contribution in [0, 0.1) is 0 Å². The minimum absolute atomic E-state index is 0.149. The number of nitrogens with two attached hydrogens (primary N) is 1. The predicted octanol–water partition coefficient (Wildman–Crippen LogP) is 3.07. The van der Waals surface area contributed by atoms with Crippen molar-refractivity contribution in [3.05, 3.63) is 70.9 Å². The van der Waals surface area contributed by atoms with E-state index in [1.165, 1.54) is 0 Å². The summed E-state index contributed by atoms with van der Waals surface area (Å²) in [5.74, 6) is -0.639. The lowest BCUT2D eigenvalue weighted by Gasteiger charge is -2.13. The summed E-state index contributed by atoms with van der Waals surface area (Å²) in [5, 5.41) is 3.80. The maximum absolute atomic E-state index is 13.0. The minimum atomic E-state index is -0.490. The van der Waals surface area contributed by atoms with Gasteiger partial charge in [-0.15, -0.1) is 0 Å². The number of nitrogens with one attached hydrogen (secondary N) is 1. The molecule has 0 unspecified atom stereocenters. The summed E-state index contributed by atoms with van der Waals surface area (Å²) in [7, 11) is 0. The van der Waals surface area contributed by atoms with Gasteiger partial charge in [0.05, 0.1) is 11.1 Å². The average Bonchev–Trinajstić information content (AvgIpc) is 3.07. The summed E-state index contributed by atoms with van der Waals surface area (Å²) in [5.41, 5.74) is 9.90. The van der Waals surface area contributed by atoms with Crippen molar-refractivity contribution >= 4 is 28.4 Å². The van der Waals surface area contributed by atoms with Gasteiger partial charge < -0.3 is 11.1 Å². The molecule has 25 heavy (non-hydrogen) atoms. The normalized spacial score (nSPS) is 12.8. The first-order valence-corrected chi connectivity index (χ1v) is 8.25. The van der Waals surface area contributed by atoms with E-state index in [1.54, 1.807) is 24.3 Å². The Hall–Kier alpha value is -3.21. The number of hydrogen-bond donors (Lipinski definition) is 2. The number of primary amides is 1. The molecule has 5 nitrogen and oxygen atoms in total. The quantitative estimate of drug-likeness (QED) is 0.773. The Bertz CT molecular complexity index is 994. The molecular formula is C20H17N3O2. The Labute approximate surface area is 144 Å². The summed E-state index contributed by atoms with van der Waals surface area (Å²) in [6, 6.07) is 14.3. The molecule has 0 fully saturated rings. The molecule has 4 rings (SSSR count). The van der Waals surface area contributed by atoms with Gasteiger partial charge in [0, 0.05) is 22.3 Å². The van der Waals surface area contributed by atoms with Crippen LogP contribution in [0.5, 0.6) is 0 Å². The van der Waals surface area contributed by atoms with E-state index in [9.17, 15) is 9.59 Å². The number of para-hydroxylation sites is 1. The van der Waals surface area contributed by atoms with Crippen LogP contribution in [0.15, 0.2) is 48.5 Å². The van der Waals surface area contributed by atoms with Crippen LogP contribution in [0.1, 0.15) is 38.4 Å². The number of amides is 2. The van der Waals surface area contributed by atoms with E-state index < -0.39 is 5.91 Å². The molecule has 2 aromatic carbocycles. The Balaban J connectivity index is 1.74. The van der Waals surface area contributed by atoms with Gasteiger partial charge in [-0.1, -0.05) is 18.2 Å². The second kappa shape index (κ2) is 6.02. The number of carbonyl (C=O) groups excluding carboxylic acids is 2. The molecule has 1 heterocycles. The molecule has 5 heteroatoms. The maximum Gasteiger partial charge on any atom is 0.256 e. The van der Waals surface area contributed by atoms with Crippen LogP contribution in [0.3, 0.4) is 0 Å². The predicted molar refractivity (Wildman–Crippen MR) is 96.7 cm³/mol. The summed E-state index contributed by atoms with van der Waals surface area (Å²) in [4.78, 5) is 28.8. The van der Waals surface area contributed by atoms with Gasteiger partial charge in [-0.2, -0.15) is 0 Å². The number of hydrogen-bond acceptors (Lipinski definition) is 3. The number of aryl methyl sites for hydroxylation is 1. The number of pyridine rings is 1. The molecule has 0 atom stereocenters. The largest absolute Gasteiger partial charge is 0.366 e. The summed E-state index contributed by atoms with van der Waals surface area (Å²) >= 11 is 0. The van der Waals surface area contributed by atoms with Gasteiger partial charge >= 0.3 is 0 Å². The molecule has 0 saturated carbocycles. The first kappa shape index (κ1) is 15.3. The van der Waals surface area contributed by atoms with Crippen LogP contribution >= 0.6 is 0 Å². The first-order valence-electron chi connectivity index (χ1n) is 8.25. The molecule has 0 bridgehead atoms. The van der Waals surface area contributed by atoms with Crippen molar-refractivity contribution < 1.29 is 9.59 Å². The van der Waals surface area contributed by atoms with E-state index in [0.717, 1.165) is 41.4 Å². The van der Waals surface area contributed by atoms with Gasteiger partial charge in [0.15, 0.2) is 0 Å². The molecule has 0 spiro atoms. The second-order valence-corrected chi connectivity index (χ2v) is 6.18. The monoisotopic (exact) mass is 331 g/mol. The number of benzene rings is 2. The van der Waals surface area contributed by atoms with Crippen LogP contribution < -0.4 is 11.1 Å². The van der Waals surface area contributed by atoms with E-state index in [0.29, 0.717) is 16.8 Å². The summed E-state index contributed by atoms with van der Waals surface area (Å²) in [6.45, 7) is 0. The molecule has 1 aliphatic rings. The Kier molecular flexibility index (Phi) is 3.69. The number of carbonyl (C=O) groups is 2. The summed E-state index contributed by atoms with van der Waals surface area (Å²) < 4.78 is 0. The lowest BCUT2D eigenvalue weighted by atomic mass is 10.0. The molecule has 1 aliphatic carbocycles. The van der Waals surface area contributed by atoms with Crippen molar-refractivity contribution in [2.45, 2.75) is 19.3 Å². The molecule has 3 N–H and O–H groups in total. The van der Waals surface area contributed by atoms with Crippen molar-refractivity contribution in [1.29, 1.82) is 0 Å². The molecule has 0 radical (unpaired) electrons. The van der Waals surface area contributed by atoms with Gasteiger partial charge in [-0.05, 0) is 55.2 Å². The van der Waals surface area contributed by atoms with Crippen LogP contribution in [-0.4, -0.2) is 16.8 Å². The third-order valence-electron chi connectivity index (χ3n) is 4.57. The van der Waals surface area contributed by atoms with E-state index >= 15 is 0 Å². The van der Waals surface area contributed by atoms with Crippen molar-refractivity contribution in [1.82, 2.24) is 4.98 Å². The highest BCUT2D eigenvalue weighted by Gasteiger charge is 2.23. The molecule has 0 aliphatic heterocycles. The van der Waals surface area contributed by atoms with Crippen molar-refractivity contribution in [2.75, 3.05) is 5.32 Å². The van der Waals surface area contributed by atoms with Crippen LogP contribution in [-0.2, 0) is 12.8 Å². The maximum atomic E-state index is 13.0. The van der Waals surface area contributed by atoms with Crippen molar-refractivity contribution in [3.8, 4) is 0 Å². The zero-order valence-electron chi connectivity index (χ0n) is 13.6. The smallest absolute Gasteiger partial charge is 0.256 e. The molecular weight excluding hydrogens is 314 g/mol. The minimum Gasteiger partial charge on any atom is -0.366 e. The van der Waals surface area contributed by atoms with E-state index in [4.69, 9.17) is 10.7 Å². The third-order valence-corrected chi connectivity index (χ3v) is 4.57. The zero-order valence-corrected chi connectivity index (χ0v) is 13.6. The van der Waals surface area contributed by atoms with Gasteiger partial charge in [-0.25, -0.2) is 0 Å². The lowest BCUT2D eigenvalue weighted by molar-refractivity contribution is 0.0998.